The second-order valence-corrected chi connectivity index (χ2v) is 12.2. The highest BCUT2D eigenvalue weighted by Crippen LogP contribution is 2.15. The molecule has 0 aliphatic carbocycles. The fourth-order valence-corrected chi connectivity index (χ4v) is 4.87. The van der Waals surface area contributed by atoms with Gasteiger partial charge < -0.3 is 15.4 Å². The topological polar surface area (TPSA) is 148 Å². The minimum Gasteiger partial charge on any atom is -0.444 e. The molecule has 1 aromatic carbocycles. The van der Waals surface area contributed by atoms with Crippen LogP contribution in [0.3, 0.4) is 0 Å². The average Bonchev–Trinajstić information content (AvgIpc) is 2.63. The first kappa shape index (κ1) is 27.9. The maximum absolute atomic E-state index is 12.5. The zero-order chi connectivity index (χ0) is 24.4. The molecular formula is C20H33N3O7S2. The van der Waals surface area contributed by atoms with E-state index in [1.54, 1.807) is 20.8 Å². The third kappa shape index (κ3) is 11.4. The van der Waals surface area contributed by atoms with Crippen molar-refractivity contribution >= 4 is 37.5 Å². The van der Waals surface area contributed by atoms with E-state index < -0.39 is 43.2 Å². The molecule has 32 heavy (non-hydrogen) atoms. The van der Waals surface area contributed by atoms with Crippen LogP contribution in [0.2, 0.25) is 0 Å². The zero-order valence-electron chi connectivity index (χ0n) is 18.9. The van der Waals surface area contributed by atoms with Crippen LogP contribution in [0.1, 0.15) is 47.0 Å². The molecule has 3 N–H and O–H groups in total. The number of ether oxygens (including phenoxy) is 1. The number of sulfone groups is 1. The van der Waals surface area contributed by atoms with E-state index in [4.69, 9.17) is 4.74 Å². The lowest BCUT2D eigenvalue weighted by atomic mass is 10.2. The van der Waals surface area contributed by atoms with Gasteiger partial charge in [-0.1, -0.05) is 25.8 Å². The number of nitrogens with one attached hydrogen (secondary N) is 3. The molecule has 0 saturated carbocycles. The van der Waals surface area contributed by atoms with Gasteiger partial charge in [-0.25, -0.2) is 26.4 Å². The Hall–Kier alpha value is -2.18. The predicted molar refractivity (Wildman–Crippen MR) is 123 cm³/mol. The van der Waals surface area contributed by atoms with Crippen LogP contribution in [0.25, 0.3) is 0 Å². The van der Waals surface area contributed by atoms with Gasteiger partial charge in [0.15, 0.2) is 9.84 Å². The van der Waals surface area contributed by atoms with Crippen molar-refractivity contribution in [3.63, 3.8) is 0 Å². The molecule has 182 valence electrons. The average molecular weight is 492 g/mol. The van der Waals surface area contributed by atoms with Gasteiger partial charge in [-0.2, -0.15) is 0 Å². The van der Waals surface area contributed by atoms with Crippen LogP contribution in [-0.4, -0.2) is 59.0 Å². The van der Waals surface area contributed by atoms with Crippen molar-refractivity contribution < 1.29 is 31.2 Å². The monoisotopic (exact) mass is 491 g/mol. The van der Waals surface area contributed by atoms with Crippen LogP contribution in [-0.2, 0) is 29.4 Å². The van der Waals surface area contributed by atoms with Crippen molar-refractivity contribution in [1.82, 2.24) is 10.0 Å². The molecule has 0 atom stereocenters. The van der Waals surface area contributed by atoms with Crippen LogP contribution in [0.15, 0.2) is 29.2 Å². The molecule has 0 aliphatic heterocycles. The summed E-state index contributed by atoms with van der Waals surface area (Å²) >= 11 is 0. The third-order valence-electron chi connectivity index (χ3n) is 3.92. The highest BCUT2D eigenvalue weighted by atomic mass is 32.2. The number of carbonyl (C=O) groups excluding carboxylic acids is 2. The summed E-state index contributed by atoms with van der Waals surface area (Å²) in [6.45, 7) is 7.02. The molecule has 1 aromatic rings. The number of alkyl carbamates (subject to hydrolysis) is 1. The Morgan fingerprint density at radius 1 is 1.03 bits per heavy atom. The quantitative estimate of drug-likeness (QED) is 0.379. The molecule has 0 radical (unpaired) electrons. The summed E-state index contributed by atoms with van der Waals surface area (Å²) in [4.78, 5) is 23.6. The van der Waals surface area contributed by atoms with E-state index in [-0.39, 0.29) is 29.4 Å². The lowest BCUT2D eigenvalue weighted by molar-refractivity contribution is -0.113. The molecule has 1 rings (SSSR count). The highest BCUT2D eigenvalue weighted by molar-refractivity contribution is 7.92. The minimum atomic E-state index is -3.91. The normalized spacial score (nSPS) is 12.2. The standard InChI is InChI=1S/C20H33N3O7S2/c1-5-6-7-13-31(26,27)15-18(24)23-16-9-8-10-17(14-16)32(28,29)22-12-11-21-19(25)30-20(2,3)4/h8-10,14,22H,5-7,11-13,15H2,1-4H3,(H,21,25)(H,23,24). The number of unbranched alkanes of at least 4 members (excludes halogenated alkanes) is 2. The number of rotatable bonds is 12. The molecule has 0 heterocycles. The van der Waals surface area contributed by atoms with Gasteiger partial charge in [0.2, 0.25) is 15.9 Å². The smallest absolute Gasteiger partial charge is 0.407 e. The summed E-state index contributed by atoms with van der Waals surface area (Å²) in [5.41, 5.74) is -0.503. The first-order valence-electron chi connectivity index (χ1n) is 10.3. The summed E-state index contributed by atoms with van der Waals surface area (Å²) in [5.74, 6) is -1.46. The van der Waals surface area contributed by atoms with Gasteiger partial charge >= 0.3 is 6.09 Å². The van der Waals surface area contributed by atoms with E-state index in [1.807, 2.05) is 6.92 Å². The summed E-state index contributed by atoms with van der Waals surface area (Å²) in [6.07, 6.45) is 1.47. The zero-order valence-corrected chi connectivity index (χ0v) is 20.6. The van der Waals surface area contributed by atoms with Gasteiger partial charge in [0, 0.05) is 18.8 Å². The SMILES string of the molecule is CCCCCS(=O)(=O)CC(=O)Nc1cccc(S(=O)(=O)NCCNC(=O)OC(C)(C)C)c1. The fraction of sp³-hybridized carbons (Fsp3) is 0.600. The lowest BCUT2D eigenvalue weighted by Gasteiger charge is -2.19. The molecular weight excluding hydrogens is 458 g/mol. The van der Waals surface area contributed by atoms with E-state index in [0.717, 1.165) is 12.8 Å². The molecule has 0 aliphatic rings. The second kappa shape index (κ2) is 12.2. The van der Waals surface area contributed by atoms with Crippen LogP contribution < -0.4 is 15.4 Å². The van der Waals surface area contributed by atoms with Gasteiger partial charge in [-0.15, -0.1) is 0 Å². The summed E-state index contributed by atoms with van der Waals surface area (Å²) < 4.78 is 56.3. The van der Waals surface area contributed by atoms with Gasteiger partial charge in [0.25, 0.3) is 0 Å². The Morgan fingerprint density at radius 3 is 2.34 bits per heavy atom. The molecule has 0 unspecified atom stereocenters. The van der Waals surface area contributed by atoms with E-state index in [0.29, 0.717) is 6.42 Å². The first-order valence-corrected chi connectivity index (χ1v) is 13.6. The number of carbonyl (C=O) groups is 2. The molecule has 12 heteroatoms. The molecule has 2 amide bonds. The Balaban J connectivity index is 2.62. The second-order valence-electron chi connectivity index (χ2n) is 8.20. The highest BCUT2D eigenvalue weighted by Gasteiger charge is 2.19. The number of sulfonamides is 1. The van der Waals surface area contributed by atoms with Crippen molar-refractivity contribution in [1.29, 1.82) is 0 Å². The summed E-state index contributed by atoms with van der Waals surface area (Å²) in [6, 6.07) is 5.45. The van der Waals surface area contributed by atoms with Crippen molar-refractivity contribution in [2.45, 2.75) is 57.5 Å². The number of benzene rings is 1. The van der Waals surface area contributed by atoms with E-state index in [9.17, 15) is 26.4 Å². The number of hydrogen-bond donors (Lipinski definition) is 3. The molecule has 0 spiro atoms. The molecule has 0 fully saturated rings. The van der Waals surface area contributed by atoms with E-state index >= 15 is 0 Å². The van der Waals surface area contributed by atoms with Gasteiger partial charge in [0.05, 0.1) is 10.6 Å². The van der Waals surface area contributed by atoms with Crippen LogP contribution in [0.4, 0.5) is 10.5 Å². The lowest BCUT2D eigenvalue weighted by Crippen LogP contribution is -2.37. The van der Waals surface area contributed by atoms with Crippen LogP contribution in [0.5, 0.6) is 0 Å². The first-order chi connectivity index (χ1) is 14.7. The number of hydrogen-bond acceptors (Lipinski definition) is 7. The third-order valence-corrected chi connectivity index (χ3v) is 6.99. The van der Waals surface area contributed by atoms with Crippen LogP contribution in [0, 0.1) is 0 Å². The Kier molecular flexibility index (Phi) is 10.6. The molecule has 0 saturated heterocycles. The van der Waals surface area contributed by atoms with Gasteiger partial charge in [-0.3, -0.25) is 4.79 Å². The predicted octanol–water partition coefficient (Wildman–Crippen LogP) is 2.03. The molecule has 10 nitrogen and oxygen atoms in total. The van der Waals surface area contributed by atoms with Crippen LogP contribution >= 0.6 is 0 Å². The van der Waals surface area contributed by atoms with E-state index in [2.05, 4.69) is 15.4 Å². The maximum Gasteiger partial charge on any atom is 0.407 e. The van der Waals surface area contributed by atoms with Crippen molar-refractivity contribution in [2.24, 2.45) is 0 Å². The summed E-state index contributed by atoms with van der Waals surface area (Å²) in [7, 11) is -7.45. The Labute approximate surface area is 190 Å². The molecule has 0 bridgehead atoms. The van der Waals surface area contributed by atoms with Crippen molar-refractivity contribution in [2.75, 3.05) is 29.9 Å². The van der Waals surface area contributed by atoms with Crippen molar-refractivity contribution in [3.05, 3.63) is 24.3 Å². The summed E-state index contributed by atoms with van der Waals surface area (Å²) in [5, 5.41) is 4.86. The van der Waals surface area contributed by atoms with Crippen molar-refractivity contribution in [3.8, 4) is 0 Å². The fourth-order valence-electron chi connectivity index (χ4n) is 2.53. The largest absolute Gasteiger partial charge is 0.444 e. The Morgan fingerprint density at radius 2 is 1.72 bits per heavy atom. The van der Waals surface area contributed by atoms with E-state index in [1.165, 1.54) is 24.3 Å². The minimum absolute atomic E-state index is 0.0143. The number of amides is 2. The maximum atomic E-state index is 12.5. The van der Waals surface area contributed by atoms with Gasteiger partial charge in [0.1, 0.15) is 11.4 Å². The van der Waals surface area contributed by atoms with Gasteiger partial charge in [-0.05, 0) is 45.4 Å². The number of anilines is 1. The Bertz CT molecular complexity index is 985. The molecule has 0 aromatic heterocycles.